The summed E-state index contributed by atoms with van der Waals surface area (Å²) in [6.07, 6.45) is -0.752. The maximum atomic E-state index is 14.2. The lowest BCUT2D eigenvalue weighted by Crippen LogP contribution is -2.41. The number of carbonyl (C=O) groups is 2. The fraction of sp³-hybridized carbons (Fsp3) is 0.304. The van der Waals surface area contributed by atoms with Crippen LogP contribution < -0.4 is 5.32 Å². The van der Waals surface area contributed by atoms with Crippen LogP contribution in [-0.2, 0) is 16.0 Å². The number of nitrogens with one attached hydrogen (secondary N) is 1. The van der Waals surface area contributed by atoms with Crippen LogP contribution in [-0.4, -0.2) is 55.6 Å². The standard InChI is InChI=1S/C23H24ClFN4O5/c1-13(2)34-23(32)21(30)11-17(26-22(31)20-12-29(33)28-27-20)9-14-3-5-15(6-4-14)18-10-16(24)7-8-19(18)25/h3-8,10,12-13,17,21,30,33H,9,11H2,1-2H3,(H,26,31). The highest BCUT2D eigenvalue weighted by Crippen LogP contribution is 2.26. The van der Waals surface area contributed by atoms with Crippen molar-refractivity contribution in [2.75, 3.05) is 0 Å². The molecule has 1 aromatic heterocycles. The molecule has 0 aliphatic rings. The predicted molar refractivity (Wildman–Crippen MR) is 121 cm³/mol. The van der Waals surface area contributed by atoms with Crippen molar-refractivity contribution < 1.29 is 29.0 Å². The van der Waals surface area contributed by atoms with Crippen molar-refractivity contribution in [2.45, 2.75) is 44.9 Å². The molecule has 0 saturated carbocycles. The minimum absolute atomic E-state index is 0.130. The molecule has 0 aliphatic carbocycles. The molecule has 0 bridgehead atoms. The van der Waals surface area contributed by atoms with Crippen LogP contribution in [0.2, 0.25) is 5.02 Å². The summed E-state index contributed by atoms with van der Waals surface area (Å²) in [5.41, 5.74) is 1.58. The number of hydrogen-bond acceptors (Lipinski definition) is 7. The number of halogens is 2. The number of aliphatic hydroxyl groups is 1. The van der Waals surface area contributed by atoms with Crippen LogP contribution in [0.4, 0.5) is 4.39 Å². The fourth-order valence-corrected chi connectivity index (χ4v) is 3.48. The second-order valence-electron chi connectivity index (χ2n) is 7.96. The SMILES string of the molecule is CC(C)OC(=O)C(O)CC(Cc1ccc(-c2cc(Cl)ccc2F)cc1)NC(=O)c1cn(O)nn1. The van der Waals surface area contributed by atoms with E-state index in [0.29, 0.717) is 21.0 Å². The first-order chi connectivity index (χ1) is 16.1. The van der Waals surface area contributed by atoms with E-state index in [1.807, 2.05) is 0 Å². The first kappa shape index (κ1) is 25.1. The van der Waals surface area contributed by atoms with E-state index in [9.17, 15) is 24.3 Å². The lowest BCUT2D eigenvalue weighted by molar-refractivity contribution is -0.158. The number of nitrogens with zero attached hydrogens (tertiary/aromatic N) is 3. The van der Waals surface area contributed by atoms with Gasteiger partial charge in [-0.1, -0.05) is 40.7 Å². The Balaban J connectivity index is 1.77. The van der Waals surface area contributed by atoms with E-state index in [2.05, 4.69) is 15.6 Å². The number of esters is 1. The van der Waals surface area contributed by atoms with Gasteiger partial charge in [0.25, 0.3) is 5.91 Å². The van der Waals surface area contributed by atoms with Crippen molar-refractivity contribution in [3.63, 3.8) is 0 Å². The number of hydrogen-bond donors (Lipinski definition) is 3. The highest BCUT2D eigenvalue weighted by Gasteiger charge is 2.25. The monoisotopic (exact) mass is 490 g/mol. The number of aliphatic hydroxyl groups excluding tert-OH is 1. The molecule has 3 aromatic rings. The number of rotatable bonds is 9. The highest BCUT2D eigenvalue weighted by atomic mass is 35.5. The Hall–Kier alpha value is -3.50. The van der Waals surface area contributed by atoms with Crippen LogP contribution in [0.3, 0.4) is 0 Å². The summed E-state index contributed by atoms with van der Waals surface area (Å²) in [7, 11) is 0. The summed E-state index contributed by atoms with van der Waals surface area (Å²) in [6, 6.07) is 10.5. The maximum Gasteiger partial charge on any atom is 0.335 e. The molecule has 11 heteroatoms. The third kappa shape index (κ3) is 6.75. The smallest absolute Gasteiger partial charge is 0.335 e. The Morgan fingerprint density at radius 3 is 2.53 bits per heavy atom. The number of ether oxygens (including phenoxy) is 1. The maximum absolute atomic E-state index is 14.2. The molecule has 2 unspecified atom stereocenters. The van der Waals surface area contributed by atoms with Gasteiger partial charge in [0.05, 0.1) is 12.3 Å². The van der Waals surface area contributed by atoms with Crippen LogP contribution in [0.25, 0.3) is 11.1 Å². The fourth-order valence-electron chi connectivity index (χ4n) is 3.31. The van der Waals surface area contributed by atoms with Crippen LogP contribution >= 0.6 is 11.6 Å². The zero-order chi connectivity index (χ0) is 24.8. The van der Waals surface area contributed by atoms with Gasteiger partial charge in [-0.05, 0) is 54.8 Å². The quantitative estimate of drug-likeness (QED) is 0.311. The second kappa shape index (κ2) is 11.1. The number of amides is 1. The largest absolute Gasteiger partial charge is 0.461 e. The molecule has 180 valence electrons. The molecule has 0 aliphatic heterocycles. The van der Waals surface area contributed by atoms with Crippen LogP contribution in [0.15, 0.2) is 48.7 Å². The third-order valence-electron chi connectivity index (χ3n) is 4.86. The molecule has 34 heavy (non-hydrogen) atoms. The van der Waals surface area contributed by atoms with Gasteiger partial charge in [-0.3, -0.25) is 4.79 Å². The zero-order valence-electron chi connectivity index (χ0n) is 18.5. The van der Waals surface area contributed by atoms with Gasteiger partial charge in [0.1, 0.15) is 5.82 Å². The summed E-state index contributed by atoms with van der Waals surface area (Å²) in [5.74, 6) is -1.86. The predicted octanol–water partition coefficient (Wildman–Crippen LogP) is 3.02. The van der Waals surface area contributed by atoms with Gasteiger partial charge in [0.15, 0.2) is 11.8 Å². The van der Waals surface area contributed by atoms with Crippen molar-refractivity contribution >= 4 is 23.5 Å². The first-order valence-corrected chi connectivity index (χ1v) is 10.9. The molecule has 1 amide bonds. The second-order valence-corrected chi connectivity index (χ2v) is 8.39. The normalized spacial score (nSPS) is 12.9. The minimum Gasteiger partial charge on any atom is -0.461 e. The van der Waals surface area contributed by atoms with Gasteiger partial charge in [-0.15, -0.1) is 5.10 Å². The molecule has 1 heterocycles. The van der Waals surface area contributed by atoms with E-state index in [0.717, 1.165) is 11.8 Å². The van der Waals surface area contributed by atoms with Gasteiger partial charge in [0.2, 0.25) is 0 Å². The Morgan fingerprint density at radius 1 is 1.21 bits per heavy atom. The average molecular weight is 491 g/mol. The van der Waals surface area contributed by atoms with Crippen LogP contribution in [0.1, 0.15) is 36.3 Å². The topological polar surface area (TPSA) is 127 Å². The van der Waals surface area contributed by atoms with Crippen molar-refractivity contribution in [3.8, 4) is 11.1 Å². The van der Waals surface area contributed by atoms with Crippen molar-refractivity contribution in [1.29, 1.82) is 0 Å². The minimum atomic E-state index is -1.47. The van der Waals surface area contributed by atoms with Crippen molar-refractivity contribution in [3.05, 3.63) is 70.8 Å². The van der Waals surface area contributed by atoms with E-state index in [-0.39, 0.29) is 18.5 Å². The van der Waals surface area contributed by atoms with Gasteiger partial charge in [-0.25, -0.2) is 9.18 Å². The summed E-state index contributed by atoms with van der Waals surface area (Å²) in [6.45, 7) is 3.32. The van der Waals surface area contributed by atoms with Crippen molar-refractivity contribution in [2.24, 2.45) is 0 Å². The molecule has 2 aromatic carbocycles. The van der Waals surface area contributed by atoms with Crippen molar-refractivity contribution in [1.82, 2.24) is 20.5 Å². The van der Waals surface area contributed by atoms with Crippen LogP contribution in [0, 0.1) is 5.82 Å². The molecule has 2 atom stereocenters. The van der Waals surface area contributed by atoms with Gasteiger partial charge >= 0.3 is 5.97 Å². The Labute approximate surface area is 200 Å². The van der Waals surface area contributed by atoms with E-state index in [1.165, 1.54) is 18.2 Å². The molecule has 3 N–H and O–H groups in total. The Bertz CT molecular complexity index is 1150. The van der Waals surface area contributed by atoms with E-state index >= 15 is 0 Å². The average Bonchev–Trinajstić information content (AvgIpc) is 3.22. The molecule has 0 saturated heterocycles. The number of aromatic nitrogens is 3. The first-order valence-electron chi connectivity index (χ1n) is 10.5. The third-order valence-corrected chi connectivity index (χ3v) is 5.09. The summed E-state index contributed by atoms with van der Waals surface area (Å²) in [4.78, 5) is 25.0. The lowest BCUT2D eigenvalue weighted by Gasteiger charge is -2.21. The molecular weight excluding hydrogens is 467 g/mol. The number of carbonyl (C=O) groups excluding carboxylic acids is 2. The van der Waals surface area contributed by atoms with Gasteiger partial charge in [0, 0.05) is 23.0 Å². The molecule has 0 spiro atoms. The van der Waals surface area contributed by atoms with E-state index in [4.69, 9.17) is 16.3 Å². The highest BCUT2D eigenvalue weighted by molar-refractivity contribution is 6.30. The Kier molecular flexibility index (Phi) is 8.19. The molecular formula is C23H24ClFN4O5. The molecule has 0 fully saturated rings. The summed E-state index contributed by atoms with van der Waals surface area (Å²) < 4.78 is 19.2. The molecule has 9 nitrogen and oxygen atoms in total. The van der Waals surface area contributed by atoms with E-state index < -0.39 is 35.9 Å². The van der Waals surface area contributed by atoms with Gasteiger partial charge < -0.3 is 20.4 Å². The molecule has 3 rings (SSSR count). The lowest BCUT2D eigenvalue weighted by atomic mass is 9.97. The van der Waals surface area contributed by atoms with Gasteiger partial charge in [-0.2, -0.15) is 0 Å². The Morgan fingerprint density at radius 2 is 1.91 bits per heavy atom. The molecule has 0 radical (unpaired) electrons. The summed E-state index contributed by atoms with van der Waals surface area (Å²) >= 11 is 5.98. The number of benzene rings is 2. The zero-order valence-corrected chi connectivity index (χ0v) is 19.2. The van der Waals surface area contributed by atoms with Crippen LogP contribution in [0.5, 0.6) is 0 Å². The summed E-state index contributed by atoms with van der Waals surface area (Å²) in [5, 5.41) is 29.5. The van der Waals surface area contributed by atoms with E-state index in [1.54, 1.807) is 38.1 Å².